The monoisotopic (exact) mass is 1370 g/mol. The molecule has 0 radical (unpaired) electrons. The molecule has 4 fully saturated rings. The molecule has 0 spiro atoms. The van der Waals surface area contributed by atoms with Crippen LogP contribution in [0.4, 0.5) is 0 Å². The lowest BCUT2D eigenvalue weighted by molar-refractivity contribution is -0.362. The van der Waals surface area contributed by atoms with Crippen molar-refractivity contribution >= 4 is 88.3 Å². The zero-order valence-corrected chi connectivity index (χ0v) is 54.7. The van der Waals surface area contributed by atoms with Crippen molar-refractivity contribution in [2.45, 2.75) is 220 Å². The lowest BCUT2D eigenvalue weighted by Crippen LogP contribution is -2.73. The van der Waals surface area contributed by atoms with Crippen molar-refractivity contribution in [1.82, 2.24) is 21.3 Å². The number of benzene rings is 1. The molecule has 4 aliphatic rings. The van der Waals surface area contributed by atoms with E-state index in [-0.39, 0.29) is 11.3 Å². The zero-order chi connectivity index (χ0) is 71.2. The Bertz CT molecular complexity index is 3280. The summed E-state index contributed by atoms with van der Waals surface area (Å²) in [5.41, 5.74) is -0.0381. The first kappa shape index (κ1) is 76.1. The molecule has 4 saturated heterocycles. The minimum absolute atomic E-state index is 0.0126. The molecule has 12 unspecified atom stereocenters. The quantitative estimate of drug-likeness (QED) is 0.0497. The number of hydrogen-bond donors (Lipinski definition) is 4. The maximum absolute atomic E-state index is 13.5. The summed E-state index contributed by atoms with van der Waals surface area (Å²) < 4.78 is 108. The molecule has 96 heavy (non-hydrogen) atoms. The molecule has 2 aromatic rings. The normalized spacial score (nSPS) is 30.1. The van der Waals surface area contributed by atoms with Crippen LogP contribution in [0.5, 0.6) is 5.75 Å². The van der Waals surface area contributed by atoms with Crippen molar-refractivity contribution < 1.29 is 147 Å². The number of fused-ring (bicyclic) bond motifs is 1. The highest BCUT2D eigenvalue weighted by Gasteiger charge is 2.60. The number of amides is 4. The topological polar surface area (TPSA) is 457 Å². The van der Waals surface area contributed by atoms with Gasteiger partial charge >= 0.3 is 59.3 Å². The zero-order valence-electron chi connectivity index (χ0n) is 54.7. The van der Waals surface area contributed by atoms with E-state index in [0.29, 0.717) is 10.9 Å². The summed E-state index contributed by atoms with van der Waals surface area (Å²) in [6, 6.07) is -1.28. The van der Waals surface area contributed by atoms with Gasteiger partial charge in [-0.25, -0.2) is 4.79 Å². The molecule has 4 amide bonds. The third-order valence-corrected chi connectivity index (χ3v) is 14.4. The molecule has 20 atom stereocenters. The van der Waals surface area contributed by atoms with Crippen LogP contribution >= 0.6 is 0 Å². The van der Waals surface area contributed by atoms with Gasteiger partial charge in [-0.1, -0.05) is 0 Å². The van der Waals surface area contributed by atoms with Gasteiger partial charge in [-0.05, 0) is 24.6 Å². The molecule has 36 nitrogen and oxygen atoms in total. The molecule has 6 rings (SSSR count). The molecular formula is C60H78N4O32. The fourth-order valence-corrected chi connectivity index (χ4v) is 11.1. The van der Waals surface area contributed by atoms with Crippen LogP contribution in [-0.2, 0) is 138 Å². The fourth-order valence-electron chi connectivity index (χ4n) is 11.1. The van der Waals surface area contributed by atoms with E-state index in [4.69, 9.17) is 84.9 Å². The van der Waals surface area contributed by atoms with Gasteiger partial charge < -0.3 is 106 Å². The minimum Gasteiger partial charge on any atom is -0.463 e. The molecule has 0 saturated carbocycles. The number of ether oxygens (including phenoxy) is 17. The SMILES string of the molecule is CC(=O)NC1C(OC(C)=O)[C@@H](O[C@@H]2OC(COC(C)=O)[C@H](O[C@@H]3OC(COC(C)=O)[C@H](O[C@@H]4OC(COC(C)=O)[C@H](OC(C)=O)C(OC(C)=O)C4NC(C)=O)C(OC(C)=O)C3NC(C)=O)C(OC(C)=O)C2NC(C)=O)C(COC(C)=O)O[C@H]1Oc1ccc2c(C)cc(=O)oc2c1. The van der Waals surface area contributed by atoms with E-state index in [1.807, 2.05) is 0 Å². The van der Waals surface area contributed by atoms with Gasteiger partial charge in [0.15, 0.2) is 49.4 Å². The summed E-state index contributed by atoms with van der Waals surface area (Å²) in [7, 11) is 0. The van der Waals surface area contributed by atoms with Gasteiger partial charge in [0.05, 0.1) is 0 Å². The number of hydrogen-bond acceptors (Lipinski definition) is 32. The summed E-state index contributed by atoms with van der Waals surface area (Å²) in [5.74, 6) is -12.0. The van der Waals surface area contributed by atoms with Gasteiger partial charge in [0.1, 0.15) is 105 Å². The standard InChI is InChI=1S/C60H78N4O32/c1-23-17-44(78)89-39-18-37(15-16-38(23)39)88-57-45(61-24(2)65)54(85-34(12)75)50(41(90-57)20-80-29(7)70)94-59-47(63-26(4)67)56(87-36(14)77)52(43(92-59)22-82-31(9)72)96-60-48(64-27(5)68)55(86-35(13)76)51(42(93-60)21-81-30(8)71)95-58-46(62-25(3)66)53(84-33(11)74)49(83-32(10)73)40(91-58)19-79-28(6)69/h15-18,40-43,45-60H,19-22H2,1-14H3,(H,61,65)(H,62,66)(H,63,67)(H,64,68)/t40?,41?,42?,43?,45?,46?,47?,48?,49-,50-,51-,52-,53?,54?,55?,56?,57+,58-,59-,60-/m0/s1. The summed E-state index contributed by atoms with van der Waals surface area (Å²) in [5, 5.41) is 10.9. The van der Waals surface area contributed by atoms with Crippen LogP contribution in [0.15, 0.2) is 33.5 Å². The lowest BCUT2D eigenvalue weighted by atomic mass is 9.92. The summed E-state index contributed by atoms with van der Waals surface area (Å²) >= 11 is 0. The molecule has 4 N–H and O–H groups in total. The summed E-state index contributed by atoms with van der Waals surface area (Å²) in [6.45, 7) is 11.7. The van der Waals surface area contributed by atoms with Crippen molar-refractivity contribution in [3.05, 3.63) is 40.2 Å². The Kier molecular flexibility index (Phi) is 27.1. The molecule has 4 aliphatic heterocycles. The third kappa shape index (κ3) is 21.3. The van der Waals surface area contributed by atoms with Crippen LogP contribution in [-0.4, -0.2) is 226 Å². The number of aryl methyl sites for hydroxylation is 1. The molecule has 5 heterocycles. The van der Waals surface area contributed by atoms with E-state index in [9.17, 15) is 67.1 Å². The second-order valence-electron chi connectivity index (χ2n) is 22.5. The van der Waals surface area contributed by atoms with Crippen molar-refractivity contribution in [3.8, 4) is 5.75 Å². The smallest absolute Gasteiger partial charge is 0.336 e. The van der Waals surface area contributed by atoms with Crippen LogP contribution in [0.2, 0.25) is 0 Å². The average Bonchev–Trinajstić information content (AvgIpc) is 0.766. The Morgan fingerprint density at radius 1 is 0.365 bits per heavy atom. The van der Waals surface area contributed by atoms with Crippen LogP contribution < -0.4 is 31.6 Å². The molecule has 1 aromatic heterocycles. The first-order chi connectivity index (χ1) is 45.1. The van der Waals surface area contributed by atoms with Crippen LogP contribution in [0.3, 0.4) is 0 Å². The fraction of sp³-hybridized carbons (Fsp3) is 0.633. The number of rotatable bonds is 25. The maximum atomic E-state index is 13.5. The Labute approximate surface area is 547 Å². The molecular weight excluding hydrogens is 1290 g/mol. The van der Waals surface area contributed by atoms with Gasteiger partial charge in [-0.2, -0.15) is 0 Å². The van der Waals surface area contributed by atoms with Gasteiger partial charge in [0.2, 0.25) is 29.9 Å². The highest BCUT2D eigenvalue weighted by molar-refractivity contribution is 5.81. The van der Waals surface area contributed by atoms with Crippen molar-refractivity contribution in [3.63, 3.8) is 0 Å². The van der Waals surface area contributed by atoms with Crippen LogP contribution in [0.1, 0.15) is 95.6 Å². The highest BCUT2D eigenvalue weighted by atomic mass is 16.8. The predicted octanol–water partition coefficient (Wildman–Crippen LogP) is -1.53. The second kappa shape index (κ2) is 34.1. The Morgan fingerprint density at radius 2 is 0.646 bits per heavy atom. The van der Waals surface area contributed by atoms with Gasteiger partial charge in [-0.15, -0.1) is 0 Å². The predicted molar refractivity (Wildman–Crippen MR) is 312 cm³/mol. The molecule has 0 aliphatic carbocycles. The summed E-state index contributed by atoms with van der Waals surface area (Å²) in [4.78, 5) is 182. The average molecular weight is 1370 g/mol. The van der Waals surface area contributed by atoms with E-state index in [1.54, 1.807) is 13.0 Å². The Hall–Kier alpha value is -8.94. The number of carbonyl (C=O) groups is 13. The second-order valence-corrected chi connectivity index (χ2v) is 22.5. The number of esters is 9. The van der Waals surface area contributed by atoms with E-state index in [0.717, 1.165) is 90.0 Å². The molecule has 36 heteroatoms. The van der Waals surface area contributed by atoms with E-state index in [2.05, 4.69) is 21.3 Å². The van der Waals surface area contributed by atoms with Crippen molar-refractivity contribution in [1.29, 1.82) is 0 Å². The van der Waals surface area contributed by atoms with Gasteiger partial charge in [0.25, 0.3) is 0 Å². The number of carbonyl (C=O) groups excluding carboxylic acids is 13. The van der Waals surface area contributed by atoms with Gasteiger partial charge in [-0.3, -0.25) is 62.3 Å². The first-order valence-electron chi connectivity index (χ1n) is 29.9. The van der Waals surface area contributed by atoms with Crippen molar-refractivity contribution in [2.24, 2.45) is 0 Å². The number of nitrogens with one attached hydrogen (secondary N) is 4. The molecule has 0 bridgehead atoms. The maximum Gasteiger partial charge on any atom is 0.336 e. The van der Waals surface area contributed by atoms with Crippen molar-refractivity contribution in [2.75, 3.05) is 26.4 Å². The minimum atomic E-state index is -2.08. The van der Waals surface area contributed by atoms with Crippen LogP contribution in [0.25, 0.3) is 11.0 Å². The van der Waals surface area contributed by atoms with E-state index < -0.39 is 232 Å². The third-order valence-electron chi connectivity index (χ3n) is 14.4. The van der Waals surface area contributed by atoms with Gasteiger partial charge in [0, 0.05) is 108 Å². The Morgan fingerprint density at radius 3 is 0.948 bits per heavy atom. The molecule has 1 aromatic carbocycles. The van der Waals surface area contributed by atoms with Crippen LogP contribution in [0, 0.1) is 6.92 Å². The summed E-state index contributed by atoms with van der Waals surface area (Å²) in [6.07, 6.45) is -29.1. The lowest BCUT2D eigenvalue weighted by Gasteiger charge is -2.52. The molecule has 530 valence electrons. The Balaban J connectivity index is 1.50. The van der Waals surface area contributed by atoms with E-state index in [1.165, 1.54) is 18.2 Å². The largest absolute Gasteiger partial charge is 0.463 e. The first-order valence-corrected chi connectivity index (χ1v) is 29.9. The van der Waals surface area contributed by atoms with E-state index >= 15 is 0 Å². The highest BCUT2D eigenvalue weighted by Crippen LogP contribution is 2.39.